The molecule has 1 amide bonds. The van der Waals surface area contributed by atoms with Gasteiger partial charge >= 0.3 is 0 Å². The first kappa shape index (κ1) is 15.5. The molecule has 0 saturated carbocycles. The summed E-state index contributed by atoms with van der Waals surface area (Å²) < 4.78 is 1.98. The van der Waals surface area contributed by atoms with Crippen molar-refractivity contribution in [3.63, 3.8) is 0 Å². The molecule has 0 saturated heterocycles. The minimum atomic E-state index is -0.131. The molecular weight excluding hydrogens is 380 g/mol. The molecule has 22 heavy (non-hydrogen) atoms. The first-order valence-electron chi connectivity index (χ1n) is 6.76. The number of anilines is 1. The second-order valence-corrected chi connectivity index (χ2v) is 7.74. The third-order valence-corrected chi connectivity index (χ3v) is 5.45. The number of para-hydroxylation sites is 1. The number of nitrogens with zero attached hydrogens (tertiary/aromatic N) is 1. The Morgan fingerprint density at radius 2 is 2.14 bits per heavy atom. The van der Waals surface area contributed by atoms with Gasteiger partial charge in [0.25, 0.3) is 5.91 Å². The lowest BCUT2D eigenvalue weighted by atomic mass is 10.2. The summed E-state index contributed by atoms with van der Waals surface area (Å²) in [4.78, 5) is 17.9. The van der Waals surface area contributed by atoms with Crippen LogP contribution in [0.1, 0.15) is 17.3 Å². The van der Waals surface area contributed by atoms with Gasteiger partial charge in [-0.3, -0.25) is 10.1 Å². The number of hydrogen-bond acceptors (Lipinski definition) is 4. The maximum absolute atomic E-state index is 12.4. The number of thioether (sulfide) groups is 1. The zero-order valence-corrected chi connectivity index (χ0v) is 15.0. The van der Waals surface area contributed by atoms with E-state index < -0.39 is 0 Å². The number of aromatic nitrogens is 1. The normalized spacial score (nSPS) is 10.8. The topological polar surface area (TPSA) is 42.0 Å². The Morgan fingerprint density at radius 3 is 2.91 bits per heavy atom. The van der Waals surface area contributed by atoms with E-state index in [4.69, 9.17) is 0 Å². The van der Waals surface area contributed by atoms with Gasteiger partial charge in [0, 0.05) is 14.9 Å². The summed E-state index contributed by atoms with van der Waals surface area (Å²) in [5, 5.41) is 3.49. The highest BCUT2D eigenvalue weighted by atomic mass is 79.9. The van der Waals surface area contributed by atoms with Crippen molar-refractivity contribution < 1.29 is 4.79 Å². The summed E-state index contributed by atoms with van der Waals surface area (Å²) in [5.74, 6) is 0.852. The number of halogens is 1. The molecule has 1 N–H and O–H groups in total. The van der Waals surface area contributed by atoms with Gasteiger partial charge in [0.05, 0.1) is 10.2 Å². The van der Waals surface area contributed by atoms with E-state index in [-0.39, 0.29) is 5.91 Å². The number of carbonyl (C=O) groups excluding carboxylic acids is 1. The number of carbonyl (C=O) groups is 1. The minimum Gasteiger partial charge on any atom is -0.298 e. The van der Waals surface area contributed by atoms with Crippen LogP contribution in [0.2, 0.25) is 0 Å². The molecule has 112 valence electrons. The molecule has 0 aliphatic heterocycles. The summed E-state index contributed by atoms with van der Waals surface area (Å²) in [6, 6.07) is 13.5. The monoisotopic (exact) mass is 392 g/mol. The number of nitrogens with one attached hydrogen (secondary N) is 1. The van der Waals surface area contributed by atoms with Crippen LogP contribution in [0.4, 0.5) is 5.13 Å². The van der Waals surface area contributed by atoms with Gasteiger partial charge < -0.3 is 0 Å². The van der Waals surface area contributed by atoms with E-state index in [9.17, 15) is 4.79 Å². The zero-order valence-electron chi connectivity index (χ0n) is 11.8. The van der Waals surface area contributed by atoms with Gasteiger partial charge in [0.15, 0.2) is 5.13 Å². The van der Waals surface area contributed by atoms with Gasteiger partial charge in [0.2, 0.25) is 0 Å². The third kappa shape index (κ3) is 3.34. The average molecular weight is 393 g/mol. The summed E-state index contributed by atoms with van der Waals surface area (Å²) in [5.41, 5.74) is 1.52. The number of thiazole rings is 1. The maximum atomic E-state index is 12.4. The molecular formula is C16H13BrN2OS2. The molecule has 3 aromatic rings. The molecule has 2 aromatic carbocycles. The van der Waals surface area contributed by atoms with Crippen molar-refractivity contribution in [1.29, 1.82) is 0 Å². The van der Waals surface area contributed by atoms with Crippen molar-refractivity contribution in [3.05, 3.63) is 52.5 Å². The van der Waals surface area contributed by atoms with E-state index in [1.165, 1.54) is 11.3 Å². The highest BCUT2D eigenvalue weighted by Gasteiger charge is 2.11. The number of hydrogen-bond donors (Lipinski definition) is 1. The first-order chi connectivity index (χ1) is 10.7. The van der Waals surface area contributed by atoms with E-state index in [2.05, 4.69) is 33.2 Å². The summed E-state index contributed by atoms with van der Waals surface area (Å²) in [6.45, 7) is 2.09. The van der Waals surface area contributed by atoms with Crippen molar-refractivity contribution in [2.75, 3.05) is 11.1 Å². The standard InChI is InChI=1S/C16H13BrN2OS2/c1-2-21-11-6-3-5-10(9-11)15(20)19-16-18-14-12(17)7-4-8-13(14)22-16/h3-9H,2H2,1H3,(H,18,19,20). The molecule has 0 spiro atoms. The van der Waals surface area contributed by atoms with Gasteiger partial charge in [-0.15, -0.1) is 11.8 Å². The van der Waals surface area contributed by atoms with Crippen LogP contribution in [0.5, 0.6) is 0 Å². The first-order valence-corrected chi connectivity index (χ1v) is 9.36. The molecule has 0 bridgehead atoms. The van der Waals surface area contributed by atoms with Crippen LogP contribution >= 0.6 is 39.0 Å². The SMILES string of the molecule is CCSc1cccc(C(=O)Nc2nc3c(Br)cccc3s2)c1. The lowest BCUT2D eigenvalue weighted by molar-refractivity contribution is 0.102. The molecule has 3 nitrogen and oxygen atoms in total. The Hall–Kier alpha value is -1.37. The number of amides is 1. The van der Waals surface area contributed by atoms with Crippen molar-refractivity contribution in [1.82, 2.24) is 4.98 Å². The summed E-state index contributed by atoms with van der Waals surface area (Å²) in [6.07, 6.45) is 0. The largest absolute Gasteiger partial charge is 0.298 e. The summed E-state index contributed by atoms with van der Waals surface area (Å²) >= 11 is 6.67. The molecule has 3 rings (SSSR count). The lowest BCUT2D eigenvalue weighted by Crippen LogP contribution is -2.11. The zero-order chi connectivity index (χ0) is 15.5. The highest BCUT2D eigenvalue weighted by molar-refractivity contribution is 9.10. The predicted octanol–water partition coefficient (Wildman–Crippen LogP) is 5.42. The van der Waals surface area contributed by atoms with Crippen LogP contribution in [-0.4, -0.2) is 16.6 Å². The van der Waals surface area contributed by atoms with Crippen LogP contribution in [0, 0.1) is 0 Å². The Bertz CT molecular complexity index is 832. The Kier molecular flexibility index (Phi) is 4.81. The Morgan fingerprint density at radius 1 is 1.32 bits per heavy atom. The third-order valence-electron chi connectivity index (χ3n) is 3.00. The molecule has 0 aliphatic carbocycles. The van der Waals surface area contributed by atoms with Gasteiger partial charge in [-0.2, -0.15) is 0 Å². The molecule has 1 heterocycles. The minimum absolute atomic E-state index is 0.131. The molecule has 0 atom stereocenters. The highest BCUT2D eigenvalue weighted by Crippen LogP contribution is 2.31. The van der Waals surface area contributed by atoms with Crippen LogP contribution < -0.4 is 5.32 Å². The average Bonchev–Trinajstić information content (AvgIpc) is 2.92. The molecule has 6 heteroatoms. The van der Waals surface area contributed by atoms with E-state index in [0.717, 1.165) is 25.3 Å². The summed E-state index contributed by atoms with van der Waals surface area (Å²) in [7, 11) is 0. The smallest absolute Gasteiger partial charge is 0.257 e. The van der Waals surface area contributed by atoms with Gasteiger partial charge in [-0.25, -0.2) is 4.98 Å². The number of benzene rings is 2. The Labute approximate surface area is 145 Å². The van der Waals surface area contributed by atoms with Gasteiger partial charge in [-0.1, -0.05) is 30.4 Å². The molecule has 0 unspecified atom stereocenters. The van der Waals surface area contributed by atoms with Crippen molar-refractivity contribution in [3.8, 4) is 0 Å². The fraction of sp³-hybridized carbons (Fsp3) is 0.125. The molecule has 1 aromatic heterocycles. The van der Waals surface area contributed by atoms with Crippen LogP contribution in [0.15, 0.2) is 51.8 Å². The lowest BCUT2D eigenvalue weighted by Gasteiger charge is -2.04. The maximum Gasteiger partial charge on any atom is 0.257 e. The van der Waals surface area contributed by atoms with E-state index in [1.807, 2.05) is 42.5 Å². The van der Waals surface area contributed by atoms with E-state index in [0.29, 0.717) is 10.7 Å². The van der Waals surface area contributed by atoms with Crippen LogP contribution in [0.3, 0.4) is 0 Å². The van der Waals surface area contributed by atoms with Gasteiger partial charge in [-0.05, 0) is 52.0 Å². The van der Waals surface area contributed by atoms with Gasteiger partial charge in [0.1, 0.15) is 0 Å². The number of fused-ring (bicyclic) bond motifs is 1. The van der Waals surface area contributed by atoms with E-state index in [1.54, 1.807) is 11.8 Å². The molecule has 0 aliphatic rings. The fourth-order valence-corrected chi connectivity index (χ4v) is 4.22. The van der Waals surface area contributed by atoms with Crippen LogP contribution in [0.25, 0.3) is 10.2 Å². The predicted molar refractivity (Wildman–Crippen MR) is 98.1 cm³/mol. The second-order valence-electron chi connectivity index (χ2n) is 4.52. The molecule has 0 fully saturated rings. The van der Waals surface area contributed by atoms with E-state index >= 15 is 0 Å². The fourth-order valence-electron chi connectivity index (χ4n) is 2.03. The molecule has 0 radical (unpaired) electrons. The second kappa shape index (κ2) is 6.81. The van der Waals surface area contributed by atoms with Crippen molar-refractivity contribution in [2.24, 2.45) is 0 Å². The van der Waals surface area contributed by atoms with Crippen LogP contribution in [-0.2, 0) is 0 Å². The quantitative estimate of drug-likeness (QED) is 0.602. The van der Waals surface area contributed by atoms with Crippen molar-refractivity contribution >= 4 is 60.3 Å². The number of rotatable bonds is 4. The van der Waals surface area contributed by atoms with Crippen molar-refractivity contribution in [2.45, 2.75) is 11.8 Å². The Balaban J connectivity index is 1.83.